The summed E-state index contributed by atoms with van der Waals surface area (Å²) in [6.07, 6.45) is 1.06. The molecule has 0 saturated carbocycles. The molecule has 4 rings (SSSR count). The highest BCUT2D eigenvalue weighted by Crippen LogP contribution is 2.37. The molecule has 3 amide bonds. The van der Waals surface area contributed by atoms with Gasteiger partial charge in [0.1, 0.15) is 11.6 Å². The number of carbonyl (C=O) groups excluding carboxylic acids is 3. The minimum absolute atomic E-state index is 0.00566. The molecule has 2 aliphatic rings. The van der Waals surface area contributed by atoms with Crippen LogP contribution < -0.4 is 4.74 Å². The summed E-state index contributed by atoms with van der Waals surface area (Å²) < 4.78 is 19.9. The summed E-state index contributed by atoms with van der Waals surface area (Å²) in [6.45, 7) is 5.83. The van der Waals surface area contributed by atoms with Crippen molar-refractivity contribution in [2.45, 2.75) is 32.7 Å². The summed E-state index contributed by atoms with van der Waals surface area (Å²) in [5, 5.41) is 0. The summed E-state index contributed by atoms with van der Waals surface area (Å²) in [5.74, 6) is 0.0652. The summed E-state index contributed by atoms with van der Waals surface area (Å²) >= 11 is 0. The maximum Gasteiger partial charge on any atom is 0.260 e. The first-order valence-electron chi connectivity index (χ1n) is 11.7. The van der Waals surface area contributed by atoms with Crippen LogP contribution in [-0.2, 0) is 20.8 Å². The van der Waals surface area contributed by atoms with Gasteiger partial charge in [0.2, 0.25) is 11.8 Å². The van der Waals surface area contributed by atoms with Gasteiger partial charge in [0.25, 0.3) is 5.91 Å². The van der Waals surface area contributed by atoms with Gasteiger partial charge in [-0.2, -0.15) is 0 Å². The lowest BCUT2D eigenvalue weighted by atomic mass is 9.87. The second-order valence-corrected chi connectivity index (χ2v) is 8.68. The van der Waals surface area contributed by atoms with Crippen LogP contribution in [0.3, 0.4) is 0 Å². The Hall–Kier alpha value is -3.42. The number of amides is 3. The molecule has 0 spiro atoms. The van der Waals surface area contributed by atoms with Crippen LogP contribution in [0.1, 0.15) is 43.0 Å². The Kier molecular flexibility index (Phi) is 7.14. The Labute approximate surface area is 199 Å². The van der Waals surface area contributed by atoms with E-state index in [2.05, 4.69) is 0 Å². The predicted molar refractivity (Wildman–Crippen MR) is 125 cm³/mol. The van der Waals surface area contributed by atoms with Crippen molar-refractivity contribution < 1.29 is 23.5 Å². The zero-order valence-electron chi connectivity index (χ0n) is 19.6. The van der Waals surface area contributed by atoms with E-state index in [1.807, 2.05) is 31.2 Å². The monoisotopic (exact) mass is 467 g/mol. The molecule has 180 valence electrons. The molecular formula is C26H30FN3O4. The fraction of sp³-hybridized carbons (Fsp3) is 0.423. The van der Waals surface area contributed by atoms with E-state index in [0.717, 1.165) is 11.1 Å². The number of nitrogens with zero attached hydrogens (tertiary/aromatic N) is 3. The van der Waals surface area contributed by atoms with E-state index in [-0.39, 0.29) is 30.1 Å². The van der Waals surface area contributed by atoms with E-state index in [1.54, 1.807) is 20.8 Å². The third kappa shape index (κ3) is 5.05. The average molecular weight is 468 g/mol. The van der Waals surface area contributed by atoms with Gasteiger partial charge in [0.15, 0.2) is 6.61 Å². The topological polar surface area (TPSA) is 70.2 Å². The third-order valence-corrected chi connectivity index (χ3v) is 6.57. The van der Waals surface area contributed by atoms with Crippen LogP contribution in [-0.4, -0.2) is 71.8 Å². The van der Waals surface area contributed by atoms with Gasteiger partial charge in [0.05, 0.1) is 6.04 Å². The van der Waals surface area contributed by atoms with Crippen molar-refractivity contribution in [2.75, 3.05) is 39.3 Å². The molecule has 0 aromatic heterocycles. The lowest BCUT2D eigenvalue weighted by molar-refractivity contribution is -0.139. The molecule has 2 aromatic rings. The van der Waals surface area contributed by atoms with Crippen molar-refractivity contribution in [1.82, 2.24) is 14.7 Å². The Morgan fingerprint density at radius 1 is 0.971 bits per heavy atom. The second-order valence-electron chi connectivity index (χ2n) is 8.68. The molecule has 8 heteroatoms. The zero-order valence-corrected chi connectivity index (χ0v) is 19.6. The van der Waals surface area contributed by atoms with Crippen LogP contribution in [0.15, 0.2) is 42.5 Å². The SMILES string of the molecule is CCC(=O)N1CCc2ccc(OCC(=O)N3CCN(C(C)=O)CC3)cc2[C@@H]1c1cccc(F)c1. The molecule has 7 nitrogen and oxygen atoms in total. The largest absolute Gasteiger partial charge is 0.484 e. The Bertz CT molecular complexity index is 1080. The minimum atomic E-state index is -0.411. The Morgan fingerprint density at radius 2 is 1.71 bits per heavy atom. The van der Waals surface area contributed by atoms with E-state index in [0.29, 0.717) is 56.9 Å². The van der Waals surface area contributed by atoms with Gasteiger partial charge >= 0.3 is 0 Å². The van der Waals surface area contributed by atoms with Crippen molar-refractivity contribution >= 4 is 17.7 Å². The molecule has 0 bridgehead atoms. The molecule has 2 aromatic carbocycles. The van der Waals surface area contributed by atoms with Crippen LogP contribution in [0, 0.1) is 5.82 Å². The number of rotatable bonds is 5. The highest BCUT2D eigenvalue weighted by Gasteiger charge is 2.32. The van der Waals surface area contributed by atoms with Gasteiger partial charge in [-0.05, 0) is 47.4 Å². The lowest BCUT2D eigenvalue weighted by Crippen LogP contribution is -2.51. The molecule has 2 aliphatic heterocycles. The van der Waals surface area contributed by atoms with Crippen LogP contribution in [0.2, 0.25) is 0 Å². The highest BCUT2D eigenvalue weighted by atomic mass is 19.1. The molecule has 0 N–H and O–H groups in total. The van der Waals surface area contributed by atoms with Crippen molar-refractivity contribution in [1.29, 1.82) is 0 Å². The number of ether oxygens (including phenoxy) is 1. The fourth-order valence-corrected chi connectivity index (χ4v) is 4.70. The smallest absolute Gasteiger partial charge is 0.260 e. The third-order valence-electron chi connectivity index (χ3n) is 6.57. The van der Waals surface area contributed by atoms with Crippen molar-refractivity contribution in [2.24, 2.45) is 0 Å². The number of hydrogen-bond acceptors (Lipinski definition) is 4. The van der Waals surface area contributed by atoms with Crippen LogP contribution >= 0.6 is 0 Å². The maximum atomic E-state index is 14.1. The minimum Gasteiger partial charge on any atom is -0.484 e. The number of hydrogen-bond donors (Lipinski definition) is 0. The van der Waals surface area contributed by atoms with E-state index >= 15 is 0 Å². The molecule has 0 aliphatic carbocycles. The second kappa shape index (κ2) is 10.2. The summed E-state index contributed by atoms with van der Waals surface area (Å²) in [7, 11) is 0. The van der Waals surface area contributed by atoms with Gasteiger partial charge in [-0.1, -0.05) is 25.1 Å². The number of benzene rings is 2. The zero-order chi connectivity index (χ0) is 24.2. The van der Waals surface area contributed by atoms with E-state index in [9.17, 15) is 18.8 Å². The first-order valence-corrected chi connectivity index (χ1v) is 11.7. The molecule has 1 atom stereocenters. The normalized spacial score (nSPS) is 17.9. The van der Waals surface area contributed by atoms with Gasteiger partial charge in [0, 0.05) is 46.1 Å². The van der Waals surface area contributed by atoms with Crippen molar-refractivity contribution in [3.63, 3.8) is 0 Å². The molecule has 1 fully saturated rings. The summed E-state index contributed by atoms with van der Waals surface area (Å²) in [6, 6.07) is 11.6. The molecule has 0 unspecified atom stereocenters. The van der Waals surface area contributed by atoms with Crippen molar-refractivity contribution in [3.05, 3.63) is 65.0 Å². The molecule has 1 saturated heterocycles. The number of carbonyl (C=O) groups is 3. The Balaban J connectivity index is 1.52. The van der Waals surface area contributed by atoms with E-state index < -0.39 is 6.04 Å². The van der Waals surface area contributed by atoms with Gasteiger partial charge in [-0.25, -0.2) is 4.39 Å². The molecule has 2 heterocycles. The average Bonchev–Trinajstić information content (AvgIpc) is 2.85. The van der Waals surface area contributed by atoms with Crippen LogP contribution in [0.4, 0.5) is 4.39 Å². The summed E-state index contributed by atoms with van der Waals surface area (Å²) in [4.78, 5) is 42.1. The number of fused-ring (bicyclic) bond motifs is 1. The van der Waals surface area contributed by atoms with Crippen LogP contribution in [0.25, 0.3) is 0 Å². The highest BCUT2D eigenvalue weighted by molar-refractivity contribution is 5.79. The quantitative estimate of drug-likeness (QED) is 0.678. The van der Waals surface area contributed by atoms with Crippen LogP contribution in [0.5, 0.6) is 5.75 Å². The van der Waals surface area contributed by atoms with Gasteiger partial charge < -0.3 is 19.4 Å². The van der Waals surface area contributed by atoms with Gasteiger partial charge in [-0.15, -0.1) is 0 Å². The first-order chi connectivity index (χ1) is 16.4. The maximum absolute atomic E-state index is 14.1. The van der Waals surface area contributed by atoms with E-state index in [1.165, 1.54) is 19.1 Å². The predicted octanol–water partition coefficient (Wildman–Crippen LogP) is 2.78. The molecule has 34 heavy (non-hydrogen) atoms. The summed E-state index contributed by atoms with van der Waals surface area (Å²) in [5.41, 5.74) is 2.67. The van der Waals surface area contributed by atoms with Crippen molar-refractivity contribution in [3.8, 4) is 5.75 Å². The lowest BCUT2D eigenvalue weighted by Gasteiger charge is -2.38. The fourth-order valence-electron chi connectivity index (χ4n) is 4.70. The number of piperazine rings is 1. The first kappa shape index (κ1) is 23.7. The Morgan fingerprint density at radius 3 is 2.38 bits per heavy atom. The molecule has 0 radical (unpaired) electrons. The van der Waals surface area contributed by atoms with Gasteiger partial charge in [-0.3, -0.25) is 14.4 Å². The number of halogens is 1. The van der Waals surface area contributed by atoms with E-state index in [4.69, 9.17) is 4.74 Å². The molecular weight excluding hydrogens is 437 g/mol. The standard InChI is InChI=1S/C26H30FN3O4/c1-3-24(32)30-10-9-19-7-8-22(16-23(19)26(30)20-5-4-6-21(27)15-20)34-17-25(33)29-13-11-28(12-14-29)18(2)31/h4-8,15-16,26H,3,9-14,17H2,1-2H3/t26-/m0/s1.